The Morgan fingerprint density at radius 1 is 0.360 bits per heavy atom. The van der Waals surface area contributed by atoms with Crippen LogP contribution in [0, 0.1) is 0 Å². The first-order valence-electron chi connectivity index (χ1n) is 16.7. The summed E-state index contributed by atoms with van der Waals surface area (Å²) in [4.78, 5) is 0. The molecule has 8 aromatic carbocycles. The molecule has 234 valence electrons. The van der Waals surface area contributed by atoms with E-state index in [0.717, 1.165) is 16.7 Å². The minimum absolute atomic E-state index is 0.507. The van der Waals surface area contributed by atoms with Gasteiger partial charge in [0.2, 0.25) is 11.8 Å². The fourth-order valence-electron chi connectivity index (χ4n) is 7.20. The number of hydrogen-bond acceptors (Lipinski definition) is 4. The van der Waals surface area contributed by atoms with Crippen LogP contribution in [0.15, 0.2) is 174 Å². The summed E-state index contributed by atoms with van der Waals surface area (Å²) in [7, 11) is 0. The monoisotopic (exact) mass is 656 g/mol. The van der Waals surface area contributed by atoms with Gasteiger partial charge in [-0.15, -0.1) is 21.5 Å². The van der Waals surface area contributed by atoms with E-state index < -0.39 is 0 Å². The highest BCUT2D eigenvalue weighted by Crippen LogP contribution is 2.45. The molecule has 0 fully saturated rings. The first-order chi connectivity index (χ1) is 24.8. The molecule has 0 aliphatic heterocycles. The molecule has 0 atom stereocenters. The van der Waals surface area contributed by atoms with E-state index in [2.05, 4.69) is 150 Å². The Labute approximate surface area is 292 Å². The maximum atomic E-state index is 6.08. The van der Waals surface area contributed by atoms with E-state index in [-0.39, 0.29) is 0 Å². The number of benzene rings is 8. The molecular formula is C46H28N2OS. The van der Waals surface area contributed by atoms with Crippen LogP contribution in [0.1, 0.15) is 0 Å². The molecular weight excluding hydrogens is 629 g/mol. The lowest BCUT2D eigenvalue weighted by Gasteiger charge is -2.12. The molecule has 0 unspecified atom stereocenters. The van der Waals surface area contributed by atoms with Gasteiger partial charge in [-0.05, 0) is 97.9 Å². The highest BCUT2D eigenvalue weighted by atomic mass is 32.1. The first-order valence-corrected chi connectivity index (χ1v) is 17.5. The Hall–Kier alpha value is -6.36. The third-order valence-electron chi connectivity index (χ3n) is 9.66. The van der Waals surface area contributed by atoms with Crippen LogP contribution in [0.2, 0.25) is 0 Å². The molecule has 10 rings (SSSR count). The lowest BCUT2D eigenvalue weighted by molar-refractivity contribution is 0.584. The van der Waals surface area contributed by atoms with Crippen LogP contribution in [-0.2, 0) is 0 Å². The van der Waals surface area contributed by atoms with Crippen LogP contribution in [0.25, 0.3) is 98.0 Å². The second-order valence-corrected chi connectivity index (χ2v) is 13.7. The van der Waals surface area contributed by atoms with Gasteiger partial charge < -0.3 is 4.42 Å². The topological polar surface area (TPSA) is 38.9 Å². The van der Waals surface area contributed by atoms with E-state index in [1.54, 1.807) is 0 Å². The van der Waals surface area contributed by atoms with Crippen molar-refractivity contribution in [2.75, 3.05) is 0 Å². The number of thiophene rings is 1. The zero-order chi connectivity index (χ0) is 33.0. The lowest BCUT2D eigenvalue weighted by atomic mass is 9.92. The van der Waals surface area contributed by atoms with Crippen molar-refractivity contribution in [3.05, 3.63) is 170 Å². The van der Waals surface area contributed by atoms with Gasteiger partial charge in [0.25, 0.3) is 0 Å². The van der Waals surface area contributed by atoms with Crippen LogP contribution < -0.4 is 0 Å². The minimum Gasteiger partial charge on any atom is -0.416 e. The number of rotatable bonds is 5. The molecule has 0 N–H and O–H groups in total. The van der Waals surface area contributed by atoms with Gasteiger partial charge >= 0.3 is 0 Å². The van der Waals surface area contributed by atoms with Crippen molar-refractivity contribution in [1.29, 1.82) is 0 Å². The van der Waals surface area contributed by atoms with Gasteiger partial charge in [0.15, 0.2) is 0 Å². The Morgan fingerprint density at radius 3 is 1.60 bits per heavy atom. The summed E-state index contributed by atoms with van der Waals surface area (Å²) in [6.45, 7) is 0. The van der Waals surface area contributed by atoms with E-state index in [1.807, 2.05) is 41.7 Å². The molecule has 0 aliphatic carbocycles. The Kier molecular flexibility index (Phi) is 6.68. The average Bonchev–Trinajstić information content (AvgIpc) is 3.83. The first kappa shape index (κ1) is 28.6. The van der Waals surface area contributed by atoms with Crippen LogP contribution >= 0.6 is 11.3 Å². The summed E-state index contributed by atoms with van der Waals surface area (Å²) in [6.07, 6.45) is 0. The van der Waals surface area contributed by atoms with E-state index in [1.165, 1.54) is 69.5 Å². The lowest BCUT2D eigenvalue weighted by Crippen LogP contribution is -1.86. The van der Waals surface area contributed by atoms with Gasteiger partial charge in [-0.25, -0.2) is 0 Å². The molecule has 2 heterocycles. The van der Waals surface area contributed by atoms with Gasteiger partial charge in [0, 0.05) is 36.9 Å². The van der Waals surface area contributed by atoms with Crippen LogP contribution in [0.3, 0.4) is 0 Å². The summed E-state index contributed by atoms with van der Waals surface area (Å²) < 4.78 is 8.63. The molecule has 0 aliphatic rings. The third-order valence-corrected chi connectivity index (χ3v) is 10.9. The molecule has 4 heteroatoms. The third kappa shape index (κ3) is 4.80. The molecule has 3 nitrogen and oxygen atoms in total. The summed E-state index contributed by atoms with van der Waals surface area (Å²) >= 11 is 1.86. The Bertz CT molecular complexity index is 2860. The number of aromatic nitrogens is 2. The molecule has 10 aromatic rings. The summed E-state index contributed by atoms with van der Waals surface area (Å²) in [5, 5.41) is 16.2. The van der Waals surface area contributed by atoms with Gasteiger partial charge in [0.05, 0.1) is 0 Å². The predicted octanol–water partition coefficient (Wildman–Crippen LogP) is 13.1. The number of fused-ring (bicyclic) bond motifs is 5. The molecule has 0 bridgehead atoms. The van der Waals surface area contributed by atoms with E-state index >= 15 is 0 Å². The predicted molar refractivity (Wildman–Crippen MR) is 209 cm³/mol. The van der Waals surface area contributed by atoms with Crippen molar-refractivity contribution in [3.8, 4) is 56.3 Å². The Morgan fingerprint density at radius 2 is 0.900 bits per heavy atom. The summed E-state index contributed by atoms with van der Waals surface area (Å²) in [5.41, 5.74) is 9.06. The quantitative estimate of drug-likeness (QED) is 0.185. The van der Waals surface area contributed by atoms with E-state index in [9.17, 15) is 0 Å². The van der Waals surface area contributed by atoms with Crippen molar-refractivity contribution in [1.82, 2.24) is 10.2 Å². The summed E-state index contributed by atoms with van der Waals surface area (Å²) in [6, 6.07) is 60.6. The smallest absolute Gasteiger partial charge is 0.248 e. The number of hydrogen-bond donors (Lipinski definition) is 0. The van der Waals surface area contributed by atoms with Crippen molar-refractivity contribution < 1.29 is 4.42 Å². The molecule has 2 aromatic heterocycles. The van der Waals surface area contributed by atoms with Crippen LogP contribution in [-0.4, -0.2) is 10.2 Å². The van der Waals surface area contributed by atoms with Gasteiger partial charge in [0.1, 0.15) is 0 Å². The number of nitrogens with zero attached hydrogens (tertiary/aromatic N) is 2. The minimum atomic E-state index is 0.507. The highest BCUT2D eigenvalue weighted by Gasteiger charge is 2.17. The van der Waals surface area contributed by atoms with Crippen LogP contribution in [0.4, 0.5) is 0 Å². The fraction of sp³-hybridized carbons (Fsp3) is 0. The van der Waals surface area contributed by atoms with Crippen LogP contribution in [0.5, 0.6) is 0 Å². The second kappa shape index (κ2) is 11.7. The zero-order valence-corrected chi connectivity index (χ0v) is 27.7. The average molecular weight is 657 g/mol. The zero-order valence-electron chi connectivity index (χ0n) is 26.9. The normalized spacial score (nSPS) is 11.6. The molecule has 0 saturated heterocycles. The van der Waals surface area contributed by atoms with E-state index in [4.69, 9.17) is 4.42 Å². The molecule has 0 radical (unpaired) electrons. The van der Waals surface area contributed by atoms with Gasteiger partial charge in [-0.1, -0.05) is 121 Å². The molecule has 0 spiro atoms. The maximum Gasteiger partial charge on any atom is 0.248 e. The van der Waals surface area contributed by atoms with Gasteiger partial charge in [-0.2, -0.15) is 0 Å². The highest BCUT2D eigenvalue weighted by molar-refractivity contribution is 7.26. The van der Waals surface area contributed by atoms with Crippen molar-refractivity contribution in [3.63, 3.8) is 0 Å². The van der Waals surface area contributed by atoms with E-state index in [0.29, 0.717) is 11.8 Å². The maximum absolute atomic E-state index is 6.08. The second-order valence-electron chi connectivity index (χ2n) is 12.6. The van der Waals surface area contributed by atoms with Crippen molar-refractivity contribution >= 4 is 53.1 Å². The summed E-state index contributed by atoms with van der Waals surface area (Å²) in [5.74, 6) is 1.02. The largest absolute Gasteiger partial charge is 0.416 e. The SMILES string of the molecule is c1ccc(-c2nnc(-c3ccc(-c4cc(-c5cccc6ccccc56)cc5c4sc4ccc(-c6cccc7ccccc67)cc45)cc3)o2)cc1. The van der Waals surface area contributed by atoms with Crippen molar-refractivity contribution in [2.24, 2.45) is 0 Å². The van der Waals surface area contributed by atoms with Crippen molar-refractivity contribution in [2.45, 2.75) is 0 Å². The molecule has 50 heavy (non-hydrogen) atoms. The van der Waals surface area contributed by atoms with Gasteiger partial charge in [-0.3, -0.25) is 0 Å². The standard InChI is InChI=1S/C46H28N2OS/c1-2-12-32(13-3-1)45-47-48-46(49-45)33-22-20-31(21-23-33)40-27-35(39-19-9-15-30-11-5-7-17-37(30)39)28-42-41-26-34(24-25-43(41)50-44(40)42)38-18-8-14-29-10-4-6-16-36(29)38/h1-28H. The fourth-order valence-corrected chi connectivity index (χ4v) is 8.40. The Balaban J connectivity index is 1.16. The molecule has 0 amide bonds. The molecule has 0 saturated carbocycles.